The molecular formula is C12H9FN4O2. The van der Waals surface area contributed by atoms with E-state index in [1.54, 1.807) is 6.07 Å². The summed E-state index contributed by atoms with van der Waals surface area (Å²) in [6, 6.07) is 5.64. The fourth-order valence-corrected chi connectivity index (χ4v) is 1.60. The predicted octanol–water partition coefficient (Wildman–Crippen LogP) is 0.178. The van der Waals surface area contributed by atoms with Crippen molar-refractivity contribution >= 4 is 5.69 Å². The quantitative estimate of drug-likeness (QED) is 0.803. The lowest BCUT2D eigenvalue weighted by molar-refractivity contribution is 0.621. The van der Waals surface area contributed by atoms with Crippen LogP contribution in [0.25, 0.3) is 0 Å². The van der Waals surface area contributed by atoms with Crippen molar-refractivity contribution in [3.05, 3.63) is 62.2 Å². The van der Waals surface area contributed by atoms with Gasteiger partial charge in [0.2, 0.25) is 0 Å². The monoisotopic (exact) mass is 260 g/mol. The number of nitrogen functional groups attached to an aromatic ring is 1. The summed E-state index contributed by atoms with van der Waals surface area (Å²) in [4.78, 5) is 24.7. The molecule has 0 atom stereocenters. The molecule has 3 N–H and O–H groups in total. The van der Waals surface area contributed by atoms with Gasteiger partial charge in [0.25, 0.3) is 5.56 Å². The third-order valence-electron chi connectivity index (χ3n) is 2.54. The number of nitrogens with two attached hydrogens (primary N) is 1. The Hall–Kier alpha value is -2.88. The summed E-state index contributed by atoms with van der Waals surface area (Å²) in [7, 11) is 0. The largest absolute Gasteiger partial charge is 0.393 e. The molecule has 0 aliphatic heterocycles. The molecule has 1 aromatic heterocycles. The fourth-order valence-electron chi connectivity index (χ4n) is 1.60. The molecule has 1 heterocycles. The smallest absolute Gasteiger partial charge is 0.328 e. The molecule has 0 spiro atoms. The molecule has 0 saturated carbocycles. The number of rotatable bonds is 2. The van der Waals surface area contributed by atoms with E-state index in [-0.39, 0.29) is 17.8 Å². The minimum atomic E-state index is -0.655. The van der Waals surface area contributed by atoms with Crippen LogP contribution in [0.1, 0.15) is 11.1 Å². The van der Waals surface area contributed by atoms with Crippen LogP contribution in [0.2, 0.25) is 0 Å². The van der Waals surface area contributed by atoms with Crippen molar-refractivity contribution in [3.8, 4) is 6.07 Å². The van der Waals surface area contributed by atoms with E-state index in [1.807, 2.05) is 0 Å². The molecule has 7 heteroatoms. The number of H-pyrrole nitrogens is 1. The van der Waals surface area contributed by atoms with Crippen LogP contribution in [0.4, 0.5) is 10.1 Å². The van der Waals surface area contributed by atoms with Crippen LogP contribution >= 0.6 is 0 Å². The Labute approximate surface area is 106 Å². The van der Waals surface area contributed by atoms with Gasteiger partial charge in [0.15, 0.2) is 0 Å². The first-order valence-corrected chi connectivity index (χ1v) is 5.29. The van der Waals surface area contributed by atoms with Gasteiger partial charge in [-0.3, -0.25) is 14.3 Å². The van der Waals surface area contributed by atoms with Crippen molar-refractivity contribution in [2.75, 3.05) is 5.73 Å². The number of nitrogens with zero attached hydrogens (tertiary/aromatic N) is 2. The minimum absolute atomic E-state index is 0.0781. The van der Waals surface area contributed by atoms with E-state index in [0.29, 0.717) is 5.56 Å². The molecule has 0 amide bonds. The van der Waals surface area contributed by atoms with Crippen molar-refractivity contribution < 1.29 is 4.39 Å². The van der Waals surface area contributed by atoms with Crippen LogP contribution in [-0.2, 0) is 6.54 Å². The second-order valence-corrected chi connectivity index (χ2v) is 3.90. The summed E-state index contributed by atoms with van der Waals surface area (Å²) in [6.07, 6.45) is 1.20. The first-order chi connectivity index (χ1) is 9.01. The molecule has 0 unspecified atom stereocenters. The van der Waals surface area contributed by atoms with Gasteiger partial charge in [-0.1, -0.05) is 6.07 Å². The number of aromatic nitrogens is 2. The molecule has 96 valence electrons. The highest BCUT2D eigenvalue weighted by atomic mass is 19.1. The molecular weight excluding hydrogens is 251 g/mol. The lowest BCUT2D eigenvalue weighted by Crippen LogP contribution is -2.31. The second-order valence-electron chi connectivity index (χ2n) is 3.90. The first kappa shape index (κ1) is 12.6. The van der Waals surface area contributed by atoms with Gasteiger partial charge in [0.05, 0.1) is 12.1 Å². The second kappa shape index (κ2) is 4.78. The molecule has 0 bridgehead atoms. The maximum atomic E-state index is 13.1. The lowest BCUT2D eigenvalue weighted by atomic mass is 10.1. The van der Waals surface area contributed by atoms with E-state index in [2.05, 4.69) is 4.98 Å². The van der Waals surface area contributed by atoms with Crippen LogP contribution in [0.15, 0.2) is 34.0 Å². The Kier molecular flexibility index (Phi) is 3.16. The summed E-state index contributed by atoms with van der Waals surface area (Å²) in [5, 5.41) is 8.72. The number of aromatic amines is 1. The van der Waals surface area contributed by atoms with Gasteiger partial charge >= 0.3 is 5.69 Å². The Morgan fingerprint density at radius 2 is 2.16 bits per heavy atom. The molecule has 0 aliphatic carbocycles. The van der Waals surface area contributed by atoms with Gasteiger partial charge in [-0.15, -0.1) is 0 Å². The van der Waals surface area contributed by atoms with Crippen LogP contribution in [-0.4, -0.2) is 9.55 Å². The predicted molar refractivity (Wildman–Crippen MR) is 66.0 cm³/mol. The average Bonchev–Trinajstić information content (AvgIpc) is 2.38. The Morgan fingerprint density at radius 1 is 1.42 bits per heavy atom. The van der Waals surface area contributed by atoms with Crippen molar-refractivity contribution in [2.45, 2.75) is 6.54 Å². The maximum absolute atomic E-state index is 13.1. The highest BCUT2D eigenvalue weighted by Gasteiger charge is 2.06. The summed E-state index contributed by atoms with van der Waals surface area (Å²) in [6.45, 7) is 0.0781. The topological polar surface area (TPSA) is 105 Å². The summed E-state index contributed by atoms with van der Waals surface area (Å²) in [5.41, 5.74) is 4.47. The summed E-state index contributed by atoms with van der Waals surface area (Å²) in [5.74, 6) is -0.625. The fraction of sp³-hybridized carbons (Fsp3) is 0.0833. The van der Waals surface area contributed by atoms with Crippen molar-refractivity contribution in [2.24, 2.45) is 0 Å². The number of nitrogens with one attached hydrogen (secondary N) is 1. The van der Waals surface area contributed by atoms with Crippen LogP contribution in [0, 0.1) is 17.1 Å². The number of nitriles is 1. The molecule has 19 heavy (non-hydrogen) atoms. The van der Waals surface area contributed by atoms with Crippen LogP contribution < -0.4 is 17.0 Å². The van der Waals surface area contributed by atoms with E-state index >= 15 is 0 Å². The molecule has 1 aromatic carbocycles. The Bertz CT molecular complexity index is 786. The number of halogens is 1. The molecule has 0 saturated heterocycles. The highest BCUT2D eigenvalue weighted by molar-refractivity contribution is 5.35. The van der Waals surface area contributed by atoms with Crippen molar-refractivity contribution in [3.63, 3.8) is 0 Å². The van der Waals surface area contributed by atoms with Crippen molar-refractivity contribution in [1.29, 1.82) is 5.26 Å². The first-order valence-electron chi connectivity index (χ1n) is 5.29. The number of anilines is 1. The Balaban J connectivity index is 2.42. The van der Waals surface area contributed by atoms with E-state index in [1.165, 1.54) is 22.9 Å². The van der Waals surface area contributed by atoms with E-state index in [9.17, 15) is 14.0 Å². The lowest BCUT2D eigenvalue weighted by Gasteiger charge is -2.06. The molecule has 2 aromatic rings. The van der Waals surface area contributed by atoms with Gasteiger partial charge in [-0.05, 0) is 17.7 Å². The van der Waals surface area contributed by atoms with Gasteiger partial charge in [-0.25, -0.2) is 9.18 Å². The van der Waals surface area contributed by atoms with E-state index in [0.717, 1.165) is 6.07 Å². The van der Waals surface area contributed by atoms with Gasteiger partial charge < -0.3 is 5.73 Å². The van der Waals surface area contributed by atoms with Gasteiger partial charge in [-0.2, -0.15) is 5.26 Å². The van der Waals surface area contributed by atoms with Crippen LogP contribution in [0.5, 0.6) is 0 Å². The normalized spacial score (nSPS) is 10.1. The zero-order chi connectivity index (χ0) is 14.0. The van der Waals surface area contributed by atoms with Crippen molar-refractivity contribution in [1.82, 2.24) is 9.55 Å². The van der Waals surface area contributed by atoms with Gasteiger partial charge in [0.1, 0.15) is 17.6 Å². The molecule has 0 radical (unpaired) electrons. The molecule has 6 nitrogen and oxygen atoms in total. The molecule has 2 rings (SSSR count). The van der Waals surface area contributed by atoms with Crippen LogP contribution in [0.3, 0.4) is 0 Å². The number of hydrogen-bond acceptors (Lipinski definition) is 4. The third kappa shape index (κ3) is 2.52. The number of benzene rings is 1. The van der Waals surface area contributed by atoms with E-state index in [4.69, 9.17) is 11.0 Å². The molecule has 0 fully saturated rings. The zero-order valence-corrected chi connectivity index (χ0v) is 9.68. The average molecular weight is 260 g/mol. The van der Waals surface area contributed by atoms with E-state index < -0.39 is 17.1 Å². The van der Waals surface area contributed by atoms with Gasteiger partial charge in [0, 0.05) is 6.20 Å². The zero-order valence-electron chi connectivity index (χ0n) is 9.68. The number of hydrogen-bond donors (Lipinski definition) is 2. The minimum Gasteiger partial charge on any atom is -0.393 e. The standard InChI is InChI=1S/C12H9FN4O2/c13-9-2-1-7(3-8(9)4-14)5-17-6-10(15)11(18)16-12(17)19/h1-3,6H,5,15H2,(H,16,18,19). The third-order valence-corrected chi connectivity index (χ3v) is 2.54. The summed E-state index contributed by atoms with van der Waals surface area (Å²) < 4.78 is 14.3. The molecule has 0 aliphatic rings. The SMILES string of the molecule is N#Cc1cc(Cn2cc(N)c(=O)[nH]c2=O)ccc1F. The Morgan fingerprint density at radius 3 is 2.84 bits per heavy atom. The maximum Gasteiger partial charge on any atom is 0.328 e. The highest BCUT2D eigenvalue weighted by Crippen LogP contribution is 2.10. The summed E-state index contributed by atoms with van der Waals surface area (Å²) >= 11 is 0.